The first-order valence-electron chi connectivity index (χ1n) is 45.8. The van der Waals surface area contributed by atoms with Crippen LogP contribution in [0.5, 0.6) is 0 Å². The number of oxazole rings is 1. The van der Waals surface area contributed by atoms with Crippen LogP contribution in [0.3, 0.4) is 0 Å². The maximum Gasteiger partial charge on any atom is 0.407 e. The van der Waals surface area contributed by atoms with Crippen molar-refractivity contribution in [2.75, 3.05) is 171 Å². The van der Waals surface area contributed by atoms with Crippen molar-refractivity contribution in [1.29, 1.82) is 0 Å². The van der Waals surface area contributed by atoms with Crippen LogP contribution in [0.25, 0.3) is 33.4 Å². The molecule has 2 bridgehead atoms. The Balaban J connectivity index is 0.553. The number of methoxy groups -OCH3 is 3. The number of benzene rings is 2. The summed E-state index contributed by atoms with van der Waals surface area (Å²) < 4.78 is 88.7. The van der Waals surface area contributed by atoms with Crippen molar-refractivity contribution in [2.45, 2.75) is 212 Å². The molecule has 4 aliphatic heterocycles. The number of aliphatic hydroxyl groups excluding tert-OH is 2. The van der Waals surface area contributed by atoms with Crippen molar-refractivity contribution in [3.05, 3.63) is 107 Å². The number of anilines is 2. The van der Waals surface area contributed by atoms with Gasteiger partial charge in [-0.15, -0.1) is 0 Å². The predicted molar refractivity (Wildman–Crippen MR) is 481 cm³/mol. The molecule has 2 saturated heterocycles. The molecule has 0 spiro atoms. The molecule has 1 saturated carbocycles. The normalized spacial score (nSPS) is 26.7. The Morgan fingerprint density at radius 2 is 1.39 bits per heavy atom. The van der Waals surface area contributed by atoms with Crippen molar-refractivity contribution in [3.8, 4) is 11.3 Å². The molecule has 0 unspecified atom stereocenters. The summed E-state index contributed by atoms with van der Waals surface area (Å²) in [5.41, 5.74) is 14.0. The van der Waals surface area contributed by atoms with Gasteiger partial charge in [0.05, 0.1) is 148 Å². The average Bonchev–Trinajstić information content (AvgIpc) is 0.999. The van der Waals surface area contributed by atoms with Gasteiger partial charge in [0.25, 0.3) is 17.7 Å². The number of nitrogen functional groups attached to an aromatic ring is 1. The molecule has 129 heavy (non-hydrogen) atoms. The molecule has 6 N–H and O–H groups in total. The lowest BCUT2D eigenvalue weighted by molar-refractivity contribution is -0.265. The third kappa shape index (κ3) is 30.0. The van der Waals surface area contributed by atoms with Crippen LogP contribution in [0.1, 0.15) is 149 Å². The summed E-state index contributed by atoms with van der Waals surface area (Å²) in [4.78, 5) is 103. The number of nitrogens with zero attached hydrogens (tertiary/aromatic N) is 8. The van der Waals surface area contributed by atoms with Crippen LogP contribution in [0.15, 0.2) is 94.7 Å². The summed E-state index contributed by atoms with van der Waals surface area (Å²) in [6.07, 6.45) is 11.5. The number of carbonyl (C=O) groups excluding carboxylic acids is 6. The number of fused-ring (bicyclic) bond motifs is 6. The predicted octanol–water partition coefficient (Wildman–Crippen LogP) is 9.46. The van der Waals surface area contributed by atoms with Crippen LogP contribution >= 0.6 is 0 Å². The van der Waals surface area contributed by atoms with E-state index in [9.17, 15) is 44.1 Å². The standard InChI is InChI=1S/C95H140N10O24/c1-61-18-14-13-15-19-62(2)79(115-10)56-73-26-21-67(7)95(114,129-73)88(110)91(111)104-32-17-16-20-75(104)92(112)126-80(57-76(106)63(3)51-66(6)86(109)87(117-12)85(108)65(5)50-61)64(4)52-68-23-27-78(81(54-68)116-11)128-94(113)97-31-35-119-37-39-121-41-43-123-45-47-125-49-48-124-46-44-122-42-40-120-38-36-118-34-30-82(107)103-33-29-70-53-69(22-24-72(70)59-103)58-105-90-83(89(102(8)9)98-60-99-90)84(101-105)71-25-28-77-74(55-71)100-93(96)127-77/h13-15,18-19,22,24-25,28,51,53,55,60-61,63-65,67-68,73,75-76,78-81,86-87,106,109,114H,16-17,20-21,23,26-27,29-50,52,54,56-59H2,1-12H3,(H2,96,100)(H,97,113)/b15-13?,18-14+,62-19?,66-51+/t61-,63-,64-,65-,67-,68+,73+,75+,76-,78-,79+,80+,81-,86-,87+,95-/m1/s1. The van der Waals surface area contributed by atoms with E-state index in [1.807, 2.05) is 105 Å². The molecular formula is C95H140N10O24. The zero-order valence-corrected chi connectivity index (χ0v) is 77.5. The molecule has 34 heteroatoms. The van der Waals surface area contributed by atoms with Crippen molar-refractivity contribution in [3.63, 3.8) is 0 Å². The van der Waals surface area contributed by atoms with E-state index in [1.54, 1.807) is 47.4 Å². The Morgan fingerprint density at radius 1 is 0.713 bits per heavy atom. The second-order valence-electron chi connectivity index (χ2n) is 34.9. The molecular weight excluding hydrogens is 1670 g/mol. The van der Waals surface area contributed by atoms with E-state index in [2.05, 4.69) is 38.5 Å². The number of ketones is 2. The SMILES string of the molecule is CO[C@H]1C[C@@H]2CC[C@@H](C)[C@@](O)(O2)C(=O)C(=O)N2CCCC[C@H]2C(=O)O[C@H]([C@H](C)C[C@@H]2CC[C@@H](OC(=O)NCCOCCOCCOCCOCCOCCOCCOCCOCCC(=O)N3CCc4cc(Cn5nc(-c6ccc7oc(N)nc7c6)c6c(N(C)C)ncnc65)ccc4C3)[C@H](OC)C2)C[C@@H](O)[C@H](C)/C=C(\C)[C@@H](O)[C@@H](OC)C(=O)[C@H](C)C[C@H](C)/C=C/C=CC=C1C. The van der Waals surface area contributed by atoms with E-state index in [0.29, 0.717) is 205 Å². The quantitative estimate of drug-likeness (QED) is 0.0106. The lowest BCUT2D eigenvalue weighted by Gasteiger charge is -2.43. The first kappa shape index (κ1) is 103. The van der Waals surface area contributed by atoms with Crippen LogP contribution in [-0.2, 0) is 110 Å². The van der Waals surface area contributed by atoms with Gasteiger partial charge in [0.15, 0.2) is 17.0 Å². The number of hydrogen-bond acceptors (Lipinski definition) is 30. The smallest absolute Gasteiger partial charge is 0.407 e. The number of Topliss-reactive ketones (excluding diaryl/α,β-unsaturated/α-hetero) is 2. The van der Waals surface area contributed by atoms with Gasteiger partial charge in [0, 0.05) is 97.8 Å². The molecule has 34 nitrogen and oxygen atoms in total. The fourth-order valence-electron chi connectivity index (χ4n) is 17.6. The van der Waals surface area contributed by atoms with Crippen LogP contribution in [0.4, 0.5) is 16.6 Å². The van der Waals surface area contributed by atoms with Gasteiger partial charge in [-0.3, -0.25) is 19.2 Å². The highest BCUT2D eigenvalue weighted by Crippen LogP contribution is 2.40. The number of nitrogens with two attached hydrogens (primary N) is 1. The van der Waals surface area contributed by atoms with Gasteiger partial charge in [-0.1, -0.05) is 89.3 Å². The van der Waals surface area contributed by atoms with E-state index < -0.39 is 102 Å². The second kappa shape index (κ2) is 52.0. The summed E-state index contributed by atoms with van der Waals surface area (Å²) in [6.45, 7) is 20.6. The number of aromatic nitrogens is 5. The van der Waals surface area contributed by atoms with E-state index in [0.717, 1.165) is 45.6 Å². The Bertz CT molecular complexity index is 4520. The first-order valence-corrected chi connectivity index (χ1v) is 45.8. The Morgan fingerprint density at radius 3 is 2.05 bits per heavy atom. The molecule has 3 amide bonds. The summed E-state index contributed by atoms with van der Waals surface area (Å²) in [5, 5.41) is 44.6. The molecule has 3 fully saturated rings. The Labute approximate surface area is 757 Å². The first-order chi connectivity index (χ1) is 62.2. The largest absolute Gasteiger partial charge is 0.460 e. The molecule has 2 aromatic carbocycles. The number of esters is 1. The molecule has 1 aliphatic carbocycles. The van der Waals surface area contributed by atoms with E-state index in [-0.39, 0.29) is 74.4 Å². The number of ether oxygens (including phenoxy) is 14. The number of allylic oxidation sites excluding steroid dienone is 5. The number of carbonyl (C=O) groups is 6. The zero-order chi connectivity index (χ0) is 92.5. The van der Waals surface area contributed by atoms with Gasteiger partial charge in [0.2, 0.25) is 11.7 Å². The maximum atomic E-state index is 14.8. The molecule has 7 heterocycles. The summed E-state index contributed by atoms with van der Waals surface area (Å²) in [5.74, 6) is -7.12. The van der Waals surface area contributed by atoms with Crippen molar-refractivity contribution >= 4 is 69.4 Å². The summed E-state index contributed by atoms with van der Waals surface area (Å²) in [7, 11) is 8.41. The van der Waals surface area contributed by atoms with Crippen molar-refractivity contribution in [2.24, 2.45) is 35.5 Å². The number of aliphatic hydroxyl groups is 3. The second-order valence-corrected chi connectivity index (χ2v) is 34.9. The highest BCUT2D eigenvalue weighted by Gasteiger charge is 2.53. The van der Waals surface area contributed by atoms with E-state index >= 15 is 0 Å². The van der Waals surface area contributed by atoms with Gasteiger partial charge in [0.1, 0.15) is 53.8 Å². The van der Waals surface area contributed by atoms with Gasteiger partial charge in [-0.25, -0.2) is 24.2 Å². The molecule has 16 atom stereocenters. The van der Waals surface area contributed by atoms with E-state index in [4.69, 9.17) is 81.6 Å². The van der Waals surface area contributed by atoms with Crippen molar-refractivity contribution < 1.29 is 115 Å². The van der Waals surface area contributed by atoms with Gasteiger partial charge in [-0.05, 0) is 148 Å². The highest BCUT2D eigenvalue weighted by atomic mass is 16.6. The molecule has 714 valence electrons. The molecule has 5 aliphatic rings. The minimum absolute atomic E-state index is 0.00506. The number of rotatable bonds is 38. The fourth-order valence-corrected chi connectivity index (χ4v) is 17.6. The number of piperidine rings is 1. The van der Waals surface area contributed by atoms with Gasteiger partial charge >= 0.3 is 12.1 Å². The van der Waals surface area contributed by atoms with Gasteiger partial charge in [-0.2, -0.15) is 10.1 Å². The lowest BCUT2D eigenvalue weighted by Crippen LogP contribution is -2.61. The molecule has 10 rings (SSSR count). The van der Waals surface area contributed by atoms with Crippen molar-refractivity contribution in [1.82, 2.24) is 39.8 Å². The van der Waals surface area contributed by atoms with Crippen LogP contribution in [0, 0.1) is 35.5 Å². The number of hydrogen-bond donors (Lipinski definition) is 5. The minimum atomic E-state index is -2.47. The number of amides is 3. The zero-order valence-electron chi connectivity index (χ0n) is 77.5. The molecule has 0 radical (unpaired) electrons. The van der Waals surface area contributed by atoms with Crippen LogP contribution in [-0.4, -0.2) is 307 Å². The Hall–Kier alpha value is -8.56. The maximum absolute atomic E-state index is 14.8. The Kier molecular flexibility index (Phi) is 41.4. The molecule has 5 aromatic rings. The van der Waals surface area contributed by atoms with Gasteiger partial charge < -0.3 is 112 Å². The monoisotopic (exact) mass is 1810 g/mol. The third-order valence-corrected chi connectivity index (χ3v) is 25.1. The lowest BCUT2D eigenvalue weighted by atomic mass is 9.78. The number of cyclic esters (lactones) is 1. The summed E-state index contributed by atoms with van der Waals surface area (Å²) >= 11 is 0. The average molecular weight is 1810 g/mol. The minimum Gasteiger partial charge on any atom is -0.460 e. The topological polar surface area (TPSA) is 410 Å². The highest BCUT2D eigenvalue weighted by molar-refractivity contribution is 6.39. The molecule has 3 aromatic heterocycles. The number of alkyl carbamates (subject to hydrolysis) is 1. The van der Waals surface area contributed by atoms with E-state index in [1.165, 1.54) is 17.6 Å². The summed E-state index contributed by atoms with van der Waals surface area (Å²) in [6, 6.07) is 11.0. The number of nitrogens with one attached hydrogen (secondary N) is 1. The van der Waals surface area contributed by atoms with Crippen LogP contribution < -0.4 is 16.0 Å². The van der Waals surface area contributed by atoms with Crippen LogP contribution in [0.2, 0.25) is 0 Å². The third-order valence-electron chi connectivity index (χ3n) is 25.1. The fraction of sp³-hybridized carbons (Fsp3) is 0.663.